The van der Waals surface area contributed by atoms with Crippen molar-refractivity contribution in [2.24, 2.45) is 10.9 Å². The lowest BCUT2D eigenvalue weighted by atomic mass is 9.67. The van der Waals surface area contributed by atoms with E-state index in [0.717, 1.165) is 0 Å². The molecule has 1 aliphatic carbocycles. The number of aliphatic imine (C=N–C) groups is 1. The molecule has 17 heavy (non-hydrogen) atoms. The van der Waals surface area contributed by atoms with Gasteiger partial charge in [-0.1, -0.05) is 13.8 Å². The van der Waals surface area contributed by atoms with Gasteiger partial charge in [-0.15, -0.1) is 0 Å². The summed E-state index contributed by atoms with van der Waals surface area (Å²) in [6.07, 6.45) is 5.43. The molecule has 1 fully saturated rings. The molecule has 0 saturated heterocycles. The molecule has 0 aliphatic heterocycles. The Morgan fingerprint density at radius 3 is 2.18 bits per heavy atom. The number of nitrogens with zero attached hydrogens (tertiary/aromatic N) is 2. The highest BCUT2D eigenvalue weighted by atomic mass is 35.5. The molecular weight excluding hydrogens is 234 g/mol. The quantitative estimate of drug-likeness (QED) is 0.465. The van der Waals surface area contributed by atoms with Gasteiger partial charge in [0.25, 0.3) is 0 Å². The molecule has 0 aromatic carbocycles. The van der Waals surface area contributed by atoms with Gasteiger partial charge in [0.05, 0.1) is 6.34 Å². The highest BCUT2D eigenvalue weighted by Crippen LogP contribution is 2.45. The molecule has 98 valence electrons. The van der Waals surface area contributed by atoms with Gasteiger partial charge >= 0.3 is 0 Å². The number of hydrogen-bond acceptors (Lipinski definition) is 1. The molecule has 0 aromatic rings. The molecule has 0 bridgehead atoms. The fourth-order valence-corrected chi connectivity index (χ4v) is 2.74. The molecule has 0 atom stereocenters. The Morgan fingerprint density at radius 1 is 1.41 bits per heavy atom. The summed E-state index contributed by atoms with van der Waals surface area (Å²) in [6, 6.07) is 0. The van der Waals surface area contributed by atoms with Crippen molar-refractivity contribution >= 4 is 23.2 Å². The van der Waals surface area contributed by atoms with Gasteiger partial charge < -0.3 is 4.90 Å². The van der Waals surface area contributed by atoms with Crippen molar-refractivity contribution in [3.8, 4) is 0 Å². The second-order valence-corrected chi connectivity index (χ2v) is 6.55. The first-order chi connectivity index (χ1) is 7.70. The second-order valence-electron chi connectivity index (χ2n) is 6.19. The van der Waals surface area contributed by atoms with Crippen LogP contribution in [0.1, 0.15) is 53.9 Å². The maximum absolute atomic E-state index is 7.22. The Labute approximate surface area is 110 Å². The van der Waals surface area contributed by atoms with Crippen LogP contribution in [0.2, 0.25) is 0 Å². The third-order valence-corrected chi connectivity index (χ3v) is 3.88. The third kappa shape index (κ3) is 3.01. The highest BCUT2D eigenvalue weighted by Gasteiger charge is 2.47. The molecule has 4 heteroatoms. The van der Waals surface area contributed by atoms with E-state index in [2.05, 4.69) is 44.5 Å². The molecule has 3 nitrogen and oxygen atoms in total. The number of amidine groups is 1. The van der Waals surface area contributed by atoms with Gasteiger partial charge in [-0.3, -0.25) is 5.41 Å². The smallest absolute Gasteiger partial charge is 0.216 e. The number of halogens is 1. The molecule has 1 aliphatic rings. The Bertz CT molecular complexity index is 311. The van der Waals surface area contributed by atoms with E-state index in [1.807, 2.05) is 0 Å². The SMILES string of the molecule is CC(C)C1(N(/C=N/C(=N)Cl)C(C)(C)C)CCC1. The Morgan fingerprint density at radius 2 is 1.94 bits per heavy atom. The highest BCUT2D eigenvalue weighted by molar-refractivity contribution is 6.64. The summed E-state index contributed by atoms with van der Waals surface area (Å²) in [4.78, 5) is 6.27. The monoisotopic (exact) mass is 257 g/mol. The third-order valence-electron chi connectivity index (χ3n) is 3.78. The predicted octanol–water partition coefficient (Wildman–Crippen LogP) is 3.87. The van der Waals surface area contributed by atoms with Crippen LogP contribution >= 0.6 is 11.6 Å². The Hall–Kier alpha value is -0.570. The minimum Gasteiger partial charge on any atom is -0.352 e. The van der Waals surface area contributed by atoms with Gasteiger partial charge in [-0.2, -0.15) is 0 Å². The van der Waals surface area contributed by atoms with Crippen molar-refractivity contribution in [3.05, 3.63) is 0 Å². The first kappa shape index (κ1) is 14.5. The molecule has 0 amide bonds. The lowest BCUT2D eigenvalue weighted by molar-refractivity contribution is -0.0176. The maximum atomic E-state index is 7.22. The van der Waals surface area contributed by atoms with Gasteiger partial charge in [0.15, 0.2) is 0 Å². The molecule has 0 radical (unpaired) electrons. The number of hydrogen-bond donors (Lipinski definition) is 1. The summed E-state index contributed by atoms with van der Waals surface area (Å²) in [6.45, 7) is 11.1. The largest absolute Gasteiger partial charge is 0.352 e. The molecule has 0 heterocycles. The van der Waals surface area contributed by atoms with Crippen LogP contribution in [0.4, 0.5) is 0 Å². The topological polar surface area (TPSA) is 39.5 Å². The van der Waals surface area contributed by atoms with E-state index in [-0.39, 0.29) is 16.4 Å². The fraction of sp³-hybridized carbons (Fsp3) is 0.846. The average molecular weight is 258 g/mol. The zero-order chi connectivity index (χ0) is 13.3. The van der Waals surface area contributed by atoms with Crippen molar-refractivity contribution in [1.29, 1.82) is 5.41 Å². The molecular formula is C13H24ClN3. The van der Waals surface area contributed by atoms with E-state index >= 15 is 0 Å². The van der Waals surface area contributed by atoms with Crippen molar-refractivity contribution in [2.45, 2.75) is 65.0 Å². The summed E-state index contributed by atoms with van der Waals surface area (Å²) in [5.41, 5.74) is 0.189. The molecule has 1 saturated carbocycles. The molecule has 0 spiro atoms. The number of rotatable bonds is 3. The molecule has 0 unspecified atom stereocenters. The van der Waals surface area contributed by atoms with Gasteiger partial charge in [-0.25, -0.2) is 4.99 Å². The van der Waals surface area contributed by atoms with Crippen molar-refractivity contribution in [3.63, 3.8) is 0 Å². The van der Waals surface area contributed by atoms with Gasteiger partial charge in [0.1, 0.15) is 0 Å². The second kappa shape index (κ2) is 4.97. The van der Waals surface area contributed by atoms with Crippen molar-refractivity contribution in [2.75, 3.05) is 0 Å². The Balaban J connectivity index is 3.02. The molecule has 0 aromatic heterocycles. The number of nitrogens with one attached hydrogen (secondary N) is 1. The molecule has 1 rings (SSSR count). The zero-order valence-corrected chi connectivity index (χ0v) is 12.3. The summed E-state index contributed by atoms with van der Waals surface area (Å²) >= 11 is 5.52. The van der Waals surface area contributed by atoms with Crippen LogP contribution in [0.15, 0.2) is 4.99 Å². The zero-order valence-electron chi connectivity index (χ0n) is 11.5. The summed E-state index contributed by atoms with van der Waals surface area (Å²) in [5, 5.41) is 7.06. The summed E-state index contributed by atoms with van der Waals surface area (Å²) in [7, 11) is 0. The standard InChI is InChI=1S/C13H24ClN3/c1-10(2)13(7-6-8-13)17(12(3,4)5)9-16-11(14)15/h9-10,15H,6-8H2,1-5H3/b15-11?,16-9+. The van der Waals surface area contributed by atoms with Crippen LogP contribution in [0.5, 0.6) is 0 Å². The van der Waals surface area contributed by atoms with Crippen LogP contribution in [-0.4, -0.2) is 27.6 Å². The van der Waals surface area contributed by atoms with Crippen molar-refractivity contribution < 1.29 is 0 Å². The fourth-order valence-electron chi connectivity index (χ4n) is 2.70. The van der Waals surface area contributed by atoms with Gasteiger partial charge in [-0.05, 0) is 57.6 Å². The summed E-state index contributed by atoms with van der Waals surface area (Å²) in [5.74, 6) is 0.575. The molecule has 1 N–H and O–H groups in total. The van der Waals surface area contributed by atoms with E-state index in [9.17, 15) is 0 Å². The minimum atomic E-state index is -0.155. The van der Waals surface area contributed by atoms with E-state index in [0.29, 0.717) is 5.92 Å². The van der Waals surface area contributed by atoms with Gasteiger partial charge in [0, 0.05) is 11.1 Å². The van der Waals surface area contributed by atoms with Crippen LogP contribution < -0.4 is 0 Å². The normalized spacial score (nSPS) is 19.5. The van der Waals surface area contributed by atoms with Gasteiger partial charge in [0.2, 0.25) is 5.29 Å². The van der Waals surface area contributed by atoms with Crippen LogP contribution in [-0.2, 0) is 0 Å². The van der Waals surface area contributed by atoms with E-state index < -0.39 is 0 Å². The van der Waals surface area contributed by atoms with E-state index in [4.69, 9.17) is 17.0 Å². The van der Waals surface area contributed by atoms with Crippen LogP contribution in [0.3, 0.4) is 0 Å². The first-order valence-corrected chi connectivity index (χ1v) is 6.65. The summed E-state index contributed by atoms with van der Waals surface area (Å²) < 4.78 is 0. The first-order valence-electron chi connectivity index (χ1n) is 6.28. The maximum Gasteiger partial charge on any atom is 0.216 e. The van der Waals surface area contributed by atoms with E-state index in [1.54, 1.807) is 6.34 Å². The van der Waals surface area contributed by atoms with E-state index in [1.165, 1.54) is 19.3 Å². The van der Waals surface area contributed by atoms with Crippen LogP contribution in [0.25, 0.3) is 0 Å². The minimum absolute atomic E-state index is 0.000525. The van der Waals surface area contributed by atoms with Crippen molar-refractivity contribution in [1.82, 2.24) is 4.90 Å². The lowest BCUT2D eigenvalue weighted by Gasteiger charge is -2.57. The lowest BCUT2D eigenvalue weighted by Crippen LogP contribution is -2.62. The predicted molar refractivity (Wildman–Crippen MR) is 75.1 cm³/mol. The van der Waals surface area contributed by atoms with Crippen LogP contribution in [0, 0.1) is 11.3 Å². The average Bonchev–Trinajstić information content (AvgIpc) is 2.05. The Kier molecular flexibility index (Phi) is 4.23.